The van der Waals surface area contributed by atoms with Crippen LogP contribution in [-0.4, -0.2) is 19.9 Å². The van der Waals surface area contributed by atoms with Gasteiger partial charge in [0.2, 0.25) is 5.16 Å². The van der Waals surface area contributed by atoms with E-state index in [1.54, 1.807) is 0 Å². The Morgan fingerprint density at radius 3 is 2.52 bits per heavy atom. The van der Waals surface area contributed by atoms with Gasteiger partial charge in [-0.05, 0) is 12.0 Å². The highest BCUT2D eigenvalue weighted by molar-refractivity contribution is 7.98. The minimum absolute atomic E-state index is 0.00539. The minimum Gasteiger partial charge on any atom is -0.335 e. The zero-order valence-electron chi connectivity index (χ0n) is 13.1. The maximum Gasteiger partial charge on any atom is 0.453 e. The molecule has 5 nitrogen and oxygen atoms in total. The molecule has 3 aromatic rings. The van der Waals surface area contributed by atoms with Gasteiger partial charge in [-0.3, -0.25) is 0 Å². The molecule has 0 atom stereocenters. The fourth-order valence-electron chi connectivity index (χ4n) is 2.10. The fourth-order valence-corrected chi connectivity index (χ4v) is 3.78. The Morgan fingerprint density at radius 2 is 1.92 bits per heavy atom. The molecule has 2 aromatic heterocycles. The van der Waals surface area contributed by atoms with Crippen molar-refractivity contribution in [1.29, 1.82) is 0 Å². The van der Waals surface area contributed by atoms with E-state index >= 15 is 0 Å². The molecule has 0 aliphatic heterocycles. The Hall–Kier alpha value is -2.07. The van der Waals surface area contributed by atoms with Crippen LogP contribution in [0.1, 0.15) is 24.0 Å². The molecule has 0 aliphatic carbocycles. The number of alkyl halides is 3. The number of hydrogen-bond acceptors (Lipinski definition) is 6. The summed E-state index contributed by atoms with van der Waals surface area (Å²) in [6.07, 6.45) is -3.65. The third kappa shape index (κ3) is 3.96. The van der Waals surface area contributed by atoms with Crippen LogP contribution in [-0.2, 0) is 18.3 Å². The van der Waals surface area contributed by atoms with Crippen molar-refractivity contribution in [2.45, 2.75) is 30.4 Å². The van der Waals surface area contributed by atoms with Crippen LogP contribution in [0.3, 0.4) is 0 Å². The second-order valence-corrected chi connectivity index (χ2v) is 6.96. The molecule has 0 amide bonds. The lowest BCUT2D eigenvalue weighted by Crippen LogP contribution is -2.21. The largest absolute Gasteiger partial charge is 0.453 e. The van der Waals surface area contributed by atoms with E-state index in [1.165, 1.54) is 16.9 Å². The van der Waals surface area contributed by atoms with Gasteiger partial charge in [-0.1, -0.05) is 43.0 Å². The Bertz CT molecular complexity index is 855. The molecule has 0 fully saturated rings. The Balaban J connectivity index is 1.69. The first kappa shape index (κ1) is 17.7. The van der Waals surface area contributed by atoms with Gasteiger partial charge in [0.1, 0.15) is 5.01 Å². The van der Waals surface area contributed by atoms with Gasteiger partial charge in [-0.2, -0.15) is 13.2 Å². The molecule has 0 aliphatic rings. The lowest BCUT2D eigenvalue weighted by molar-refractivity contribution is -0.146. The van der Waals surface area contributed by atoms with Crippen molar-refractivity contribution < 1.29 is 13.2 Å². The number of benzene rings is 1. The molecule has 0 radical (unpaired) electrons. The molecule has 0 unspecified atom stereocenters. The quantitative estimate of drug-likeness (QED) is 0.531. The molecule has 1 aromatic carbocycles. The Labute approximate surface area is 150 Å². The summed E-state index contributed by atoms with van der Waals surface area (Å²) in [4.78, 5) is 4.51. The van der Waals surface area contributed by atoms with Gasteiger partial charge < -0.3 is 5.84 Å². The maximum absolute atomic E-state index is 12.6. The van der Waals surface area contributed by atoms with Crippen molar-refractivity contribution in [2.75, 3.05) is 5.84 Å². The van der Waals surface area contributed by atoms with Crippen LogP contribution in [0.2, 0.25) is 0 Å². The average Bonchev–Trinajstić information content (AvgIpc) is 3.19. The second kappa shape index (κ2) is 7.04. The van der Waals surface area contributed by atoms with Gasteiger partial charge in [-0.25, -0.2) is 9.66 Å². The van der Waals surface area contributed by atoms with Gasteiger partial charge in [0.05, 0.1) is 5.69 Å². The molecule has 0 bridgehead atoms. The highest BCUT2D eigenvalue weighted by Gasteiger charge is 2.38. The van der Waals surface area contributed by atoms with Crippen molar-refractivity contribution in [3.8, 4) is 10.6 Å². The number of thioether (sulfide) groups is 1. The topological polar surface area (TPSA) is 69.6 Å². The van der Waals surface area contributed by atoms with E-state index < -0.39 is 12.0 Å². The lowest BCUT2D eigenvalue weighted by Gasteiger charge is -2.05. The normalized spacial score (nSPS) is 11.8. The summed E-state index contributed by atoms with van der Waals surface area (Å²) in [5.74, 6) is 4.55. The second-order valence-electron chi connectivity index (χ2n) is 5.16. The molecule has 132 valence electrons. The van der Waals surface area contributed by atoms with Crippen LogP contribution in [0.5, 0.6) is 0 Å². The van der Waals surface area contributed by atoms with Gasteiger partial charge in [0.25, 0.3) is 5.82 Å². The summed E-state index contributed by atoms with van der Waals surface area (Å²) >= 11 is 2.55. The lowest BCUT2D eigenvalue weighted by atomic mass is 10.1. The van der Waals surface area contributed by atoms with E-state index in [0.29, 0.717) is 10.4 Å². The molecular formula is C15H14F3N5S2. The highest BCUT2D eigenvalue weighted by Crippen LogP contribution is 2.31. The van der Waals surface area contributed by atoms with Gasteiger partial charge in [0, 0.05) is 16.7 Å². The Morgan fingerprint density at radius 1 is 1.20 bits per heavy atom. The van der Waals surface area contributed by atoms with Crippen molar-refractivity contribution in [2.24, 2.45) is 0 Å². The number of hydrogen-bond donors (Lipinski definition) is 1. The zero-order chi connectivity index (χ0) is 18.0. The summed E-state index contributed by atoms with van der Waals surface area (Å²) in [5.41, 5.74) is 3.01. The number of nitrogen functional groups attached to an aromatic ring is 1. The van der Waals surface area contributed by atoms with Crippen molar-refractivity contribution in [3.63, 3.8) is 0 Å². The molecule has 0 saturated heterocycles. The SMILES string of the molecule is CCc1ccc(-c2nc(CSc3nnc(C(F)(F)F)n3N)cs2)cc1. The van der Waals surface area contributed by atoms with Crippen LogP contribution in [0.25, 0.3) is 10.6 Å². The van der Waals surface area contributed by atoms with Crippen molar-refractivity contribution >= 4 is 23.1 Å². The Kier molecular flexibility index (Phi) is 5.00. The molecule has 0 saturated carbocycles. The number of rotatable bonds is 5. The third-order valence-corrected chi connectivity index (χ3v) is 5.34. The van der Waals surface area contributed by atoms with Crippen molar-refractivity contribution in [1.82, 2.24) is 19.9 Å². The summed E-state index contributed by atoms with van der Waals surface area (Å²) in [7, 11) is 0. The predicted molar refractivity (Wildman–Crippen MR) is 91.7 cm³/mol. The van der Waals surface area contributed by atoms with Crippen LogP contribution < -0.4 is 5.84 Å². The predicted octanol–water partition coefficient (Wildman–Crippen LogP) is 3.99. The number of nitrogens with two attached hydrogens (primary N) is 1. The summed E-state index contributed by atoms with van der Waals surface area (Å²) < 4.78 is 38.4. The number of thiazole rings is 1. The standard InChI is InChI=1S/C15H14F3N5S2/c1-2-9-3-5-10(6-4-9)12-20-11(7-24-12)8-25-14-22-21-13(23(14)19)15(16,17)18/h3-7H,2,8,19H2,1H3. The molecule has 0 spiro atoms. The smallest absolute Gasteiger partial charge is 0.335 e. The number of nitrogens with zero attached hydrogens (tertiary/aromatic N) is 4. The minimum atomic E-state index is -4.63. The summed E-state index contributed by atoms with van der Waals surface area (Å²) in [6.45, 7) is 2.09. The molecule has 3 rings (SSSR count). The van der Waals surface area contributed by atoms with Crippen molar-refractivity contribution in [3.05, 3.63) is 46.7 Å². The first-order valence-electron chi connectivity index (χ1n) is 7.32. The average molecular weight is 385 g/mol. The first-order valence-corrected chi connectivity index (χ1v) is 9.19. The monoisotopic (exact) mass is 385 g/mol. The number of halogens is 3. The summed E-state index contributed by atoms with van der Waals surface area (Å²) in [6, 6.07) is 8.14. The summed E-state index contributed by atoms with van der Waals surface area (Å²) in [5, 5.41) is 9.31. The highest BCUT2D eigenvalue weighted by atomic mass is 32.2. The number of aromatic nitrogens is 4. The van der Waals surface area contributed by atoms with E-state index in [2.05, 4.69) is 34.2 Å². The van der Waals surface area contributed by atoms with E-state index in [0.717, 1.165) is 34.4 Å². The molecular weight excluding hydrogens is 371 g/mol. The van der Waals surface area contributed by atoms with E-state index in [-0.39, 0.29) is 5.16 Å². The molecule has 25 heavy (non-hydrogen) atoms. The molecule has 2 N–H and O–H groups in total. The van der Waals surface area contributed by atoms with Crippen LogP contribution >= 0.6 is 23.1 Å². The van der Waals surface area contributed by atoms with E-state index in [9.17, 15) is 13.2 Å². The maximum atomic E-state index is 12.6. The van der Waals surface area contributed by atoms with E-state index in [1.807, 2.05) is 17.5 Å². The van der Waals surface area contributed by atoms with Crippen LogP contribution in [0.4, 0.5) is 13.2 Å². The number of aryl methyl sites for hydroxylation is 1. The van der Waals surface area contributed by atoms with Crippen LogP contribution in [0.15, 0.2) is 34.8 Å². The van der Waals surface area contributed by atoms with Gasteiger partial charge in [-0.15, -0.1) is 21.5 Å². The van der Waals surface area contributed by atoms with Gasteiger partial charge in [0.15, 0.2) is 0 Å². The first-order chi connectivity index (χ1) is 11.9. The van der Waals surface area contributed by atoms with Crippen LogP contribution in [0, 0.1) is 0 Å². The molecule has 2 heterocycles. The van der Waals surface area contributed by atoms with E-state index in [4.69, 9.17) is 5.84 Å². The third-order valence-electron chi connectivity index (χ3n) is 3.43. The fraction of sp³-hybridized carbons (Fsp3) is 0.267. The zero-order valence-corrected chi connectivity index (χ0v) is 14.8. The van der Waals surface area contributed by atoms with Gasteiger partial charge >= 0.3 is 6.18 Å². The molecule has 10 heteroatoms.